The van der Waals surface area contributed by atoms with Gasteiger partial charge in [0.1, 0.15) is 11.4 Å². The number of benzene rings is 2. The molecule has 1 N–H and O–H groups in total. The van der Waals surface area contributed by atoms with E-state index in [9.17, 15) is 9.59 Å². The van der Waals surface area contributed by atoms with Gasteiger partial charge in [0, 0.05) is 26.3 Å². The number of carbonyl (C=O) groups is 2. The van der Waals surface area contributed by atoms with Crippen LogP contribution in [-0.4, -0.2) is 48.9 Å². The van der Waals surface area contributed by atoms with Crippen molar-refractivity contribution in [3.05, 3.63) is 84.2 Å². The van der Waals surface area contributed by atoms with Crippen molar-refractivity contribution in [2.45, 2.75) is 19.3 Å². The first-order valence-corrected chi connectivity index (χ1v) is 11.2. The van der Waals surface area contributed by atoms with Crippen LogP contribution in [0.25, 0.3) is 11.1 Å². The molecule has 0 saturated carbocycles. The zero-order valence-corrected chi connectivity index (χ0v) is 19.1. The van der Waals surface area contributed by atoms with E-state index in [1.807, 2.05) is 24.3 Å². The summed E-state index contributed by atoms with van der Waals surface area (Å²) in [6, 6.07) is 21.6. The molecule has 0 radical (unpaired) electrons. The number of methoxy groups -OCH3 is 1. The number of nitrogens with one attached hydrogen (secondary N) is 1. The van der Waals surface area contributed by atoms with Crippen LogP contribution in [-0.2, 0) is 11.2 Å². The van der Waals surface area contributed by atoms with Gasteiger partial charge in [0.25, 0.3) is 5.91 Å². The summed E-state index contributed by atoms with van der Waals surface area (Å²) in [6.07, 6.45) is 3.70. The number of carbonyl (C=O) groups excluding carboxylic acids is 2. The Hall–Kier alpha value is -3.67. The lowest BCUT2D eigenvalue weighted by Gasteiger charge is -2.41. The van der Waals surface area contributed by atoms with Crippen LogP contribution in [0.15, 0.2) is 72.9 Å². The zero-order valence-electron chi connectivity index (χ0n) is 19.1. The van der Waals surface area contributed by atoms with E-state index in [0.717, 1.165) is 35.3 Å². The Bertz CT molecular complexity index is 1100. The molecule has 170 valence electrons. The lowest BCUT2D eigenvalue weighted by atomic mass is 9.74. The lowest BCUT2D eigenvalue weighted by Crippen LogP contribution is -2.54. The molecule has 0 aliphatic carbocycles. The molecule has 2 aromatic carbocycles. The monoisotopic (exact) mass is 443 g/mol. The largest absolute Gasteiger partial charge is 0.497 e. The Morgan fingerprint density at radius 2 is 1.73 bits per heavy atom. The minimum atomic E-state index is -0.668. The van der Waals surface area contributed by atoms with Gasteiger partial charge >= 0.3 is 0 Å². The standard InChI is InChI=1S/C27H29N3O3/c1-28-26(32)27(15-5-17-30(19-27)25(31)24-6-3-4-16-29-24)18-20-7-9-21(10-8-20)22-11-13-23(33-2)14-12-22/h3-4,6-14,16H,5,15,17-19H2,1-2H3,(H,28,32)/t27-/m1/s1. The number of hydrogen-bond acceptors (Lipinski definition) is 4. The van der Waals surface area contributed by atoms with Crippen LogP contribution in [0.3, 0.4) is 0 Å². The van der Waals surface area contributed by atoms with E-state index in [0.29, 0.717) is 25.2 Å². The van der Waals surface area contributed by atoms with E-state index in [4.69, 9.17) is 4.74 Å². The molecular formula is C27H29N3O3. The topological polar surface area (TPSA) is 71.5 Å². The van der Waals surface area contributed by atoms with E-state index in [-0.39, 0.29) is 11.8 Å². The van der Waals surface area contributed by atoms with Gasteiger partial charge in [0.05, 0.1) is 12.5 Å². The molecular weight excluding hydrogens is 414 g/mol. The van der Waals surface area contributed by atoms with E-state index < -0.39 is 5.41 Å². The fourth-order valence-corrected chi connectivity index (χ4v) is 4.62. The van der Waals surface area contributed by atoms with Crippen LogP contribution in [0.5, 0.6) is 5.75 Å². The van der Waals surface area contributed by atoms with Crippen LogP contribution in [0.1, 0.15) is 28.9 Å². The number of piperidine rings is 1. The van der Waals surface area contributed by atoms with Crippen molar-refractivity contribution in [1.82, 2.24) is 15.2 Å². The summed E-state index contributed by atoms with van der Waals surface area (Å²) >= 11 is 0. The highest BCUT2D eigenvalue weighted by molar-refractivity contribution is 5.93. The summed E-state index contributed by atoms with van der Waals surface area (Å²) in [5, 5.41) is 2.84. The second-order valence-electron chi connectivity index (χ2n) is 8.51. The summed E-state index contributed by atoms with van der Waals surface area (Å²) in [5.74, 6) is 0.670. The smallest absolute Gasteiger partial charge is 0.272 e. The second kappa shape index (κ2) is 9.86. The average molecular weight is 444 g/mol. The van der Waals surface area contributed by atoms with Gasteiger partial charge in [0.2, 0.25) is 5.91 Å². The summed E-state index contributed by atoms with van der Waals surface area (Å²) < 4.78 is 5.24. The normalized spacial score (nSPS) is 17.9. The average Bonchev–Trinajstić information content (AvgIpc) is 2.89. The van der Waals surface area contributed by atoms with Crippen molar-refractivity contribution >= 4 is 11.8 Å². The SMILES string of the molecule is CNC(=O)[C@@]1(Cc2ccc(-c3ccc(OC)cc3)cc2)CCCN(C(=O)c2ccccn2)C1. The summed E-state index contributed by atoms with van der Waals surface area (Å²) in [4.78, 5) is 32.1. The number of likely N-dealkylation sites (tertiary alicyclic amines) is 1. The number of aromatic nitrogens is 1. The third-order valence-corrected chi connectivity index (χ3v) is 6.38. The first kappa shape index (κ1) is 22.5. The van der Waals surface area contributed by atoms with Crippen LogP contribution in [0.4, 0.5) is 0 Å². The molecule has 1 aliphatic rings. The van der Waals surface area contributed by atoms with Crippen molar-refractivity contribution in [2.75, 3.05) is 27.2 Å². The van der Waals surface area contributed by atoms with Crippen molar-refractivity contribution in [1.29, 1.82) is 0 Å². The van der Waals surface area contributed by atoms with Gasteiger partial charge in [-0.05, 0) is 60.2 Å². The molecule has 0 spiro atoms. The fourth-order valence-electron chi connectivity index (χ4n) is 4.62. The maximum absolute atomic E-state index is 13.1. The predicted octanol–water partition coefficient (Wildman–Crippen LogP) is 3.97. The number of pyridine rings is 1. The molecule has 1 fully saturated rings. The van der Waals surface area contributed by atoms with Crippen LogP contribution in [0.2, 0.25) is 0 Å². The minimum Gasteiger partial charge on any atom is -0.497 e. The quantitative estimate of drug-likeness (QED) is 0.626. The molecule has 4 rings (SSSR count). The van der Waals surface area contributed by atoms with Gasteiger partial charge in [0.15, 0.2) is 0 Å². The molecule has 1 atom stereocenters. The molecule has 0 unspecified atom stereocenters. The predicted molar refractivity (Wildman–Crippen MR) is 128 cm³/mol. The highest BCUT2D eigenvalue weighted by Gasteiger charge is 2.43. The number of nitrogens with zero attached hydrogens (tertiary/aromatic N) is 2. The Balaban J connectivity index is 1.54. The Morgan fingerprint density at radius 3 is 2.33 bits per heavy atom. The number of ether oxygens (including phenoxy) is 1. The van der Waals surface area contributed by atoms with Crippen molar-refractivity contribution in [2.24, 2.45) is 5.41 Å². The number of hydrogen-bond donors (Lipinski definition) is 1. The highest BCUT2D eigenvalue weighted by atomic mass is 16.5. The first-order valence-electron chi connectivity index (χ1n) is 11.2. The third kappa shape index (κ3) is 4.90. The van der Waals surface area contributed by atoms with Crippen LogP contribution < -0.4 is 10.1 Å². The molecule has 1 aromatic heterocycles. The molecule has 2 heterocycles. The van der Waals surface area contributed by atoms with E-state index in [1.165, 1.54) is 0 Å². The molecule has 0 bridgehead atoms. The van der Waals surface area contributed by atoms with Gasteiger partial charge in [-0.15, -0.1) is 0 Å². The molecule has 1 aliphatic heterocycles. The summed E-state index contributed by atoms with van der Waals surface area (Å²) in [7, 11) is 3.32. The Kier molecular flexibility index (Phi) is 6.73. The molecule has 1 saturated heterocycles. The van der Waals surface area contributed by atoms with Crippen molar-refractivity contribution < 1.29 is 14.3 Å². The van der Waals surface area contributed by atoms with Gasteiger partial charge < -0.3 is 15.0 Å². The maximum atomic E-state index is 13.1. The third-order valence-electron chi connectivity index (χ3n) is 6.38. The molecule has 2 amide bonds. The molecule has 33 heavy (non-hydrogen) atoms. The minimum absolute atomic E-state index is 0.0275. The van der Waals surface area contributed by atoms with Crippen LogP contribution in [0, 0.1) is 5.41 Å². The van der Waals surface area contributed by atoms with E-state index >= 15 is 0 Å². The van der Waals surface area contributed by atoms with Gasteiger partial charge in [-0.3, -0.25) is 14.6 Å². The van der Waals surface area contributed by atoms with Crippen LogP contribution >= 0.6 is 0 Å². The first-order chi connectivity index (χ1) is 16.0. The molecule has 6 nitrogen and oxygen atoms in total. The number of amides is 2. The zero-order chi connectivity index (χ0) is 23.3. The van der Waals surface area contributed by atoms with E-state index in [2.05, 4.69) is 34.6 Å². The van der Waals surface area contributed by atoms with E-state index in [1.54, 1.807) is 43.5 Å². The molecule has 6 heteroatoms. The fraction of sp³-hybridized carbons (Fsp3) is 0.296. The summed E-state index contributed by atoms with van der Waals surface area (Å²) in [6.45, 7) is 1.01. The Labute approximate surface area is 194 Å². The van der Waals surface area contributed by atoms with Gasteiger partial charge in [-0.25, -0.2) is 0 Å². The lowest BCUT2D eigenvalue weighted by molar-refractivity contribution is -0.133. The second-order valence-corrected chi connectivity index (χ2v) is 8.51. The maximum Gasteiger partial charge on any atom is 0.272 e. The van der Waals surface area contributed by atoms with Crippen molar-refractivity contribution in [3.8, 4) is 16.9 Å². The molecule has 3 aromatic rings. The van der Waals surface area contributed by atoms with Gasteiger partial charge in [-0.1, -0.05) is 42.5 Å². The Morgan fingerprint density at radius 1 is 1.03 bits per heavy atom. The highest BCUT2D eigenvalue weighted by Crippen LogP contribution is 2.35. The number of rotatable bonds is 6. The van der Waals surface area contributed by atoms with Gasteiger partial charge in [-0.2, -0.15) is 0 Å². The van der Waals surface area contributed by atoms with Crippen molar-refractivity contribution in [3.63, 3.8) is 0 Å². The summed E-state index contributed by atoms with van der Waals surface area (Å²) in [5.41, 5.74) is 3.02.